The molecule has 36 heavy (non-hydrogen) atoms. The lowest BCUT2D eigenvalue weighted by molar-refractivity contribution is -0.120. The van der Waals surface area contributed by atoms with Crippen LogP contribution in [0.1, 0.15) is 23.9 Å². The summed E-state index contributed by atoms with van der Waals surface area (Å²) in [6, 6.07) is 23.2. The van der Waals surface area contributed by atoms with Crippen LogP contribution < -0.4 is 10.7 Å². The first-order chi connectivity index (χ1) is 17.4. The van der Waals surface area contributed by atoms with Crippen LogP contribution in [0.25, 0.3) is 5.69 Å². The highest BCUT2D eigenvalue weighted by atomic mass is 79.9. The Bertz CT molecular complexity index is 1380. The molecule has 0 saturated carbocycles. The smallest absolute Gasteiger partial charge is 0.253 e. The van der Waals surface area contributed by atoms with E-state index >= 15 is 0 Å². The fourth-order valence-corrected chi connectivity index (χ4v) is 4.91. The van der Waals surface area contributed by atoms with Gasteiger partial charge >= 0.3 is 0 Å². The molecule has 1 heterocycles. The van der Waals surface area contributed by atoms with Gasteiger partial charge in [0, 0.05) is 20.9 Å². The molecule has 1 aromatic heterocycles. The first-order valence-corrected chi connectivity index (χ1v) is 13.2. The Labute approximate surface area is 227 Å². The molecule has 7 nitrogen and oxygen atoms in total. The molecule has 1 atom stereocenters. The van der Waals surface area contributed by atoms with Gasteiger partial charge in [0.25, 0.3) is 5.91 Å². The first kappa shape index (κ1) is 25.9. The van der Waals surface area contributed by atoms with Crippen molar-refractivity contribution in [3.63, 3.8) is 0 Å². The van der Waals surface area contributed by atoms with E-state index in [2.05, 4.69) is 42.0 Å². The lowest BCUT2D eigenvalue weighted by Crippen LogP contribution is -2.27. The topological polar surface area (TPSA) is 84.2 Å². The summed E-state index contributed by atoms with van der Waals surface area (Å²) in [6.07, 6.45) is 1.61. The third kappa shape index (κ3) is 6.75. The Hall–Kier alpha value is -3.14. The lowest BCUT2D eigenvalue weighted by Gasteiger charge is -2.14. The van der Waals surface area contributed by atoms with E-state index < -0.39 is 5.25 Å². The second-order valence-corrected chi connectivity index (χ2v) is 10.6. The maximum absolute atomic E-state index is 12.7. The van der Waals surface area contributed by atoms with E-state index in [0.717, 1.165) is 32.8 Å². The second kappa shape index (κ2) is 12.2. The summed E-state index contributed by atoms with van der Waals surface area (Å²) in [4.78, 5) is 12.7. The zero-order chi connectivity index (χ0) is 25.5. The number of aromatic nitrogens is 3. The van der Waals surface area contributed by atoms with E-state index in [1.54, 1.807) is 6.21 Å². The number of hydrazone groups is 1. The SMILES string of the molecule is Cc1cc(Cl)ccc1NCc1nnc(S[C@H](C)C(=O)NN=Cc2cccc(Br)c2)n1-c1ccccc1. The van der Waals surface area contributed by atoms with Crippen LogP contribution in [0.5, 0.6) is 0 Å². The Balaban J connectivity index is 1.48. The molecule has 0 bridgehead atoms. The number of aryl methyl sites for hydroxylation is 1. The summed E-state index contributed by atoms with van der Waals surface area (Å²) in [5.41, 5.74) is 6.40. The third-order valence-corrected chi connectivity index (χ3v) is 7.00. The van der Waals surface area contributed by atoms with Gasteiger partial charge < -0.3 is 5.32 Å². The summed E-state index contributed by atoms with van der Waals surface area (Å²) < 4.78 is 2.90. The minimum atomic E-state index is -0.448. The van der Waals surface area contributed by atoms with E-state index in [9.17, 15) is 4.79 Å². The van der Waals surface area contributed by atoms with Crippen LogP contribution in [0, 0.1) is 6.92 Å². The average Bonchev–Trinajstić information content (AvgIpc) is 3.26. The molecule has 4 aromatic rings. The van der Waals surface area contributed by atoms with Crippen molar-refractivity contribution in [3.8, 4) is 5.69 Å². The van der Waals surface area contributed by atoms with Gasteiger partial charge in [-0.15, -0.1) is 10.2 Å². The Morgan fingerprint density at radius 2 is 1.94 bits per heavy atom. The van der Waals surface area contributed by atoms with Gasteiger partial charge in [-0.2, -0.15) is 5.10 Å². The van der Waals surface area contributed by atoms with Crippen molar-refractivity contribution >= 4 is 57.1 Å². The average molecular weight is 584 g/mol. The van der Waals surface area contributed by atoms with E-state index in [-0.39, 0.29) is 5.91 Å². The molecule has 10 heteroatoms. The van der Waals surface area contributed by atoms with Crippen LogP contribution in [-0.2, 0) is 11.3 Å². The van der Waals surface area contributed by atoms with Gasteiger partial charge in [0.1, 0.15) is 0 Å². The number of amides is 1. The number of benzene rings is 3. The van der Waals surface area contributed by atoms with Crippen LogP contribution in [0.4, 0.5) is 5.69 Å². The molecule has 0 spiro atoms. The molecule has 0 aliphatic carbocycles. The third-order valence-electron chi connectivity index (χ3n) is 5.23. The highest BCUT2D eigenvalue weighted by Gasteiger charge is 2.21. The van der Waals surface area contributed by atoms with E-state index in [4.69, 9.17) is 11.6 Å². The predicted molar refractivity (Wildman–Crippen MR) is 150 cm³/mol. The number of carbonyl (C=O) groups is 1. The Morgan fingerprint density at radius 3 is 2.69 bits per heavy atom. The fourth-order valence-electron chi connectivity index (χ4n) is 3.39. The standard InChI is InChI=1S/C26H24BrClN6OS/c1-17-13-21(28)11-12-23(17)29-16-24-31-33-26(34(24)22-9-4-3-5-10-22)36-18(2)25(35)32-30-15-19-7-6-8-20(27)14-19/h3-15,18,29H,16H2,1-2H3,(H,32,35)/t18-/m1/s1. The minimum Gasteiger partial charge on any atom is -0.378 e. The normalized spacial score (nSPS) is 12.0. The fraction of sp³-hybridized carbons (Fsp3) is 0.154. The van der Waals surface area contributed by atoms with Gasteiger partial charge in [-0.3, -0.25) is 9.36 Å². The molecule has 0 saturated heterocycles. The molecule has 0 aliphatic heterocycles. The van der Waals surface area contributed by atoms with Gasteiger partial charge in [-0.05, 0) is 67.4 Å². The minimum absolute atomic E-state index is 0.231. The lowest BCUT2D eigenvalue weighted by atomic mass is 10.2. The first-order valence-electron chi connectivity index (χ1n) is 11.2. The van der Waals surface area contributed by atoms with Crippen LogP contribution in [0.15, 0.2) is 87.5 Å². The van der Waals surface area contributed by atoms with E-state index in [0.29, 0.717) is 16.7 Å². The maximum Gasteiger partial charge on any atom is 0.253 e. The number of nitrogens with zero attached hydrogens (tertiary/aromatic N) is 4. The molecule has 0 aliphatic rings. The predicted octanol–water partition coefficient (Wildman–Crippen LogP) is 6.23. The molecule has 184 valence electrons. The molecule has 1 amide bonds. The van der Waals surface area contributed by atoms with Gasteiger partial charge in [0.2, 0.25) is 0 Å². The monoisotopic (exact) mass is 582 g/mol. The number of thioether (sulfide) groups is 1. The molecule has 3 aromatic carbocycles. The molecular formula is C26H24BrClN6OS. The number of anilines is 1. The molecule has 0 fully saturated rings. The van der Waals surface area contributed by atoms with Gasteiger partial charge in [0.15, 0.2) is 11.0 Å². The van der Waals surface area contributed by atoms with Crippen LogP contribution in [0.3, 0.4) is 0 Å². The quantitative estimate of drug-likeness (QED) is 0.139. The number of hydrogen-bond acceptors (Lipinski definition) is 6. The van der Waals surface area contributed by atoms with Gasteiger partial charge in [-0.1, -0.05) is 69.6 Å². The summed E-state index contributed by atoms with van der Waals surface area (Å²) in [7, 11) is 0. The van der Waals surface area contributed by atoms with Crippen molar-refractivity contribution in [2.45, 2.75) is 30.8 Å². The summed E-state index contributed by atoms with van der Waals surface area (Å²) in [5.74, 6) is 0.489. The molecular weight excluding hydrogens is 560 g/mol. The Morgan fingerprint density at radius 1 is 1.14 bits per heavy atom. The highest BCUT2D eigenvalue weighted by molar-refractivity contribution is 9.10. The summed E-state index contributed by atoms with van der Waals surface area (Å²) >= 11 is 10.8. The number of carbonyl (C=O) groups excluding carboxylic acids is 1. The maximum atomic E-state index is 12.7. The molecule has 4 rings (SSSR count). The number of hydrogen-bond donors (Lipinski definition) is 2. The van der Waals surface area contributed by atoms with Crippen molar-refractivity contribution in [3.05, 3.63) is 99.2 Å². The van der Waals surface area contributed by atoms with Crippen molar-refractivity contribution < 1.29 is 4.79 Å². The van der Waals surface area contributed by atoms with Crippen LogP contribution >= 0.6 is 39.3 Å². The van der Waals surface area contributed by atoms with Crippen molar-refractivity contribution in [1.29, 1.82) is 0 Å². The van der Waals surface area contributed by atoms with E-state index in [1.807, 2.05) is 91.2 Å². The number of nitrogens with one attached hydrogen (secondary N) is 2. The zero-order valence-electron chi connectivity index (χ0n) is 19.7. The number of halogens is 2. The van der Waals surface area contributed by atoms with Crippen LogP contribution in [0.2, 0.25) is 5.02 Å². The summed E-state index contributed by atoms with van der Waals surface area (Å²) in [5, 5.41) is 17.2. The van der Waals surface area contributed by atoms with Crippen molar-refractivity contribution in [2.24, 2.45) is 5.10 Å². The molecule has 0 radical (unpaired) electrons. The zero-order valence-corrected chi connectivity index (χ0v) is 22.8. The van der Waals surface area contributed by atoms with Crippen molar-refractivity contribution in [1.82, 2.24) is 20.2 Å². The second-order valence-electron chi connectivity index (χ2n) is 7.93. The largest absolute Gasteiger partial charge is 0.378 e. The van der Waals surface area contributed by atoms with Crippen LogP contribution in [-0.4, -0.2) is 32.1 Å². The Kier molecular flexibility index (Phi) is 8.79. The number of rotatable bonds is 9. The van der Waals surface area contributed by atoms with Gasteiger partial charge in [0.05, 0.1) is 18.0 Å². The number of para-hydroxylation sites is 1. The van der Waals surface area contributed by atoms with Gasteiger partial charge in [-0.25, -0.2) is 5.43 Å². The van der Waals surface area contributed by atoms with Crippen molar-refractivity contribution in [2.75, 3.05) is 5.32 Å². The molecule has 0 unspecified atom stereocenters. The molecule has 2 N–H and O–H groups in total. The van der Waals surface area contributed by atoms with E-state index in [1.165, 1.54) is 11.8 Å². The highest BCUT2D eigenvalue weighted by Crippen LogP contribution is 2.27. The summed E-state index contributed by atoms with van der Waals surface area (Å²) in [6.45, 7) is 4.26.